The Morgan fingerprint density at radius 2 is 1.74 bits per heavy atom. The highest BCUT2D eigenvalue weighted by Gasteiger charge is 2.31. The van der Waals surface area contributed by atoms with E-state index in [1.807, 2.05) is 18.2 Å². The summed E-state index contributed by atoms with van der Waals surface area (Å²) in [6, 6.07) is 25.7. The van der Waals surface area contributed by atoms with Crippen LogP contribution in [0.25, 0.3) is 33.2 Å². The first kappa shape index (κ1) is 39.5. The summed E-state index contributed by atoms with van der Waals surface area (Å²) in [6.07, 6.45) is 12.7. The fraction of sp³-hybridized carbons (Fsp3) is 0.311. The number of anilines is 1. The minimum atomic E-state index is -3.29. The number of rotatable bonds is 9. The molecule has 5 aliphatic rings. The van der Waals surface area contributed by atoms with Gasteiger partial charge in [0.05, 0.1) is 17.5 Å². The Balaban J connectivity index is 0.000000338. The summed E-state index contributed by atoms with van der Waals surface area (Å²) in [5.41, 5.74) is 16.5. The largest absolute Gasteiger partial charge is 0.448 e. The Labute approximate surface area is 342 Å². The average molecular weight is 820 g/mol. The maximum absolute atomic E-state index is 13.5. The number of thiophene rings is 1. The number of hydrogen-bond donors (Lipinski definition) is 1. The van der Waals surface area contributed by atoms with E-state index in [9.17, 15) is 22.8 Å². The first-order valence-electron chi connectivity index (χ1n) is 19.7. The van der Waals surface area contributed by atoms with E-state index in [1.165, 1.54) is 65.9 Å². The number of carbonyl (C=O) groups is 3. The monoisotopic (exact) mass is 819 g/mol. The Morgan fingerprint density at radius 3 is 2.53 bits per heavy atom. The second-order valence-electron chi connectivity index (χ2n) is 14.8. The highest BCUT2D eigenvalue weighted by atomic mass is 32.2. The van der Waals surface area contributed by atoms with E-state index in [0.717, 1.165) is 54.4 Å². The van der Waals surface area contributed by atoms with E-state index in [4.69, 9.17) is 20.0 Å². The number of primary amides is 1. The Morgan fingerprint density at radius 1 is 0.897 bits per heavy atom. The standard InChI is InChI=1S/C38H36N2O5S.C7H9NO3S/c41-36(24-39-19-21-44-38(39)42)40(45-37-10-3-4-20-43-37)29-8-5-7-27(23-29)34-17-18-35(46-34)28-13-14-31-26(22-28)12-16-32-30-9-2-1-6-25(30)11-15-33(31)32;8-7(9)5-6-3-1-2-4-12(6,10)11/h1-2,5-9,12,16-18,22-23,37H,3-4,10-11,13-15,19-21,24H2;1-4,6H,5H2,(H2,8,9). The molecule has 2 aliphatic carbocycles. The van der Waals surface area contributed by atoms with Crippen LogP contribution in [0.15, 0.2) is 96.4 Å². The first-order chi connectivity index (χ1) is 28.1. The lowest BCUT2D eigenvalue weighted by atomic mass is 9.78. The number of benzene rings is 3. The normalized spacial score (nSPS) is 20.1. The lowest BCUT2D eigenvalue weighted by Gasteiger charge is -2.30. The van der Waals surface area contributed by atoms with Gasteiger partial charge in [-0.05, 0) is 107 Å². The summed E-state index contributed by atoms with van der Waals surface area (Å²) in [5, 5.41) is 1.61. The molecule has 4 heterocycles. The van der Waals surface area contributed by atoms with E-state index < -0.39 is 33.4 Å². The van der Waals surface area contributed by atoms with Crippen LogP contribution in [0.1, 0.15) is 59.2 Å². The molecule has 3 aromatic carbocycles. The van der Waals surface area contributed by atoms with Gasteiger partial charge < -0.3 is 15.2 Å². The van der Waals surface area contributed by atoms with Crippen molar-refractivity contribution in [3.05, 3.63) is 124 Å². The number of carbonyl (C=O) groups excluding carboxylic acids is 3. The number of sulfone groups is 1. The molecule has 11 nitrogen and oxygen atoms in total. The number of ether oxygens (including phenoxy) is 2. The fourth-order valence-corrected chi connectivity index (χ4v) is 10.3. The Hall–Kier alpha value is -5.34. The molecule has 0 bridgehead atoms. The molecular weight excluding hydrogens is 775 g/mol. The number of nitrogens with zero attached hydrogens (tertiary/aromatic N) is 2. The summed E-state index contributed by atoms with van der Waals surface area (Å²) < 4.78 is 33.2. The smallest absolute Gasteiger partial charge is 0.410 e. The molecule has 2 saturated heterocycles. The van der Waals surface area contributed by atoms with Crippen molar-refractivity contribution in [1.82, 2.24) is 4.90 Å². The van der Waals surface area contributed by atoms with Crippen LogP contribution >= 0.6 is 11.3 Å². The lowest BCUT2D eigenvalue weighted by Crippen LogP contribution is -2.43. The number of cyclic esters (lactones) is 1. The van der Waals surface area contributed by atoms with Crippen molar-refractivity contribution in [2.45, 2.75) is 62.9 Å². The molecule has 2 N–H and O–H groups in total. The van der Waals surface area contributed by atoms with Gasteiger partial charge in [0.1, 0.15) is 13.2 Å². The molecule has 3 aliphatic heterocycles. The predicted octanol–water partition coefficient (Wildman–Crippen LogP) is 7.64. The van der Waals surface area contributed by atoms with Gasteiger partial charge in [-0.3, -0.25) is 14.5 Å². The summed E-state index contributed by atoms with van der Waals surface area (Å²) in [7, 11) is -3.29. The van der Waals surface area contributed by atoms with E-state index in [1.54, 1.807) is 17.4 Å². The van der Waals surface area contributed by atoms with Crippen LogP contribution in [-0.4, -0.2) is 69.1 Å². The van der Waals surface area contributed by atoms with Crippen LogP contribution in [0.3, 0.4) is 0 Å². The summed E-state index contributed by atoms with van der Waals surface area (Å²) in [5.74, 6) is -0.947. The van der Waals surface area contributed by atoms with Crippen LogP contribution in [0.2, 0.25) is 0 Å². The fourth-order valence-electron chi connectivity index (χ4n) is 8.01. The highest BCUT2D eigenvalue weighted by molar-refractivity contribution is 7.95. The number of fused-ring (bicyclic) bond motifs is 5. The Kier molecular flexibility index (Phi) is 11.7. The van der Waals surface area contributed by atoms with Gasteiger partial charge in [0.15, 0.2) is 16.1 Å². The molecule has 300 valence electrons. The summed E-state index contributed by atoms with van der Waals surface area (Å²) >= 11 is 1.77. The zero-order valence-corrected chi connectivity index (χ0v) is 33.6. The molecule has 4 aromatic rings. The van der Waals surface area contributed by atoms with Crippen LogP contribution < -0.4 is 10.8 Å². The number of amides is 3. The second-order valence-corrected chi connectivity index (χ2v) is 18.0. The molecule has 2 unspecified atom stereocenters. The van der Waals surface area contributed by atoms with Gasteiger partial charge in [-0.15, -0.1) is 11.3 Å². The van der Waals surface area contributed by atoms with Crippen LogP contribution in [0, 0.1) is 0 Å². The predicted molar refractivity (Wildman–Crippen MR) is 225 cm³/mol. The van der Waals surface area contributed by atoms with Gasteiger partial charge in [-0.2, -0.15) is 5.06 Å². The third-order valence-electron chi connectivity index (χ3n) is 11.0. The zero-order valence-electron chi connectivity index (χ0n) is 32.0. The number of aryl methyl sites for hydroxylation is 1. The molecule has 2 atom stereocenters. The maximum Gasteiger partial charge on any atom is 0.410 e. The molecule has 2 fully saturated rings. The first-order valence-corrected chi connectivity index (χ1v) is 22.1. The second kappa shape index (κ2) is 17.3. The third kappa shape index (κ3) is 8.73. The van der Waals surface area contributed by atoms with Crippen LogP contribution in [-0.2, 0) is 53.0 Å². The SMILES string of the molecule is NC(=O)CC1C=CC=CS1(=O)=O.O=C1OCCN1CC(=O)N(OC1CCCCO1)c1cccc(-c2ccc(C3=Cc4ccc5c(c4CC3)CCc3ccccc3-5)s2)c1. The molecule has 0 spiro atoms. The molecule has 0 radical (unpaired) electrons. The van der Waals surface area contributed by atoms with E-state index >= 15 is 0 Å². The number of hydroxylamine groups is 1. The van der Waals surface area contributed by atoms with Crippen molar-refractivity contribution in [3.63, 3.8) is 0 Å². The summed E-state index contributed by atoms with van der Waals surface area (Å²) in [4.78, 5) is 46.0. The minimum Gasteiger partial charge on any atom is -0.448 e. The maximum atomic E-state index is 13.5. The van der Waals surface area contributed by atoms with Crippen molar-refractivity contribution in [2.75, 3.05) is 31.4 Å². The minimum absolute atomic E-state index is 0.121. The van der Waals surface area contributed by atoms with Crippen molar-refractivity contribution in [1.29, 1.82) is 0 Å². The van der Waals surface area contributed by atoms with Crippen molar-refractivity contribution in [2.24, 2.45) is 5.73 Å². The summed E-state index contributed by atoms with van der Waals surface area (Å²) in [6.45, 7) is 1.14. The van der Waals surface area contributed by atoms with Gasteiger partial charge in [-0.25, -0.2) is 18.0 Å². The Bertz CT molecular complexity index is 2430. The molecule has 0 saturated carbocycles. The number of allylic oxidation sites excluding steroid dienone is 3. The zero-order chi connectivity index (χ0) is 40.2. The van der Waals surface area contributed by atoms with Gasteiger partial charge in [0.25, 0.3) is 5.91 Å². The van der Waals surface area contributed by atoms with E-state index in [-0.39, 0.29) is 25.5 Å². The molecule has 9 rings (SSSR count). The average Bonchev–Trinajstić information content (AvgIpc) is 3.90. The van der Waals surface area contributed by atoms with Crippen LogP contribution in [0.5, 0.6) is 0 Å². The van der Waals surface area contributed by atoms with Crippen molar-refractivity contribution in [3.8, 4) is 21.6 Å². The highest BCUT2D eigenvalue weighted by Crippen LogP contribution is 2.42. The van der Waals surface area contributed by atoms with Gasteiger partial charge >= 0.3 is 6.09 Å². The van der Waals surface area contributed by atoms with Crippen molar-refractivity contribution < 1.29 is 37.1 Å². The molecule has 58 heavy (non-hydrogen) atoms. The number of hydrogen-bond acceptors (Lipinski definition) is 9. The molecule has 1 aromatic heterocycles. The van der Waals surface area contributed by atoms with Crippen molar-refractivity contribution >= 4 is 56.4 Å². The van der Waals surface area contributed by atoms with E-state index in [0.29, 0.717) is 25.3 Å². The quantitative estimate of drug-likeness (QED) is 0.170. The molecular formula is C45H45N3O8S2. The third-order valence-corrected chi connectivity index (χ3v) is 13.9. The topological polar surface area (TPSA) is 146 Å². The van der Waals surface area contributed by atoms with Gasteiger partial charge in [-0.1, -0.05) is 72.8 Å². The van der Waals surface area contributed by atoms with Gasteiger partial charge in [0, 0.05) is 34.6 Å². The lowest BCUT2D eigenvalue weighted by molar-refractivity contribution is -0.177. The van der Waals surface area contributed by atoms with E-state index in [2.05, 4.69) is 60.7 Å². The molecule has 3 amide bonds. The molecule has 13 heteroatoms. The number of nitrogens with two attached hydrogens (primary N) is 1. The van der Waals surface area contributed by atoms with Crippen LogP contribution in [0.4, 0.5) is 10.5 Å². The van der Waals surface area contributed by atoms with Gasteiger partial charge in [0.2, 0.25) is 5.91 Å².